The number of nitrogens with two attached hydrogens (primary N) is 1. The van der Waals surface area contributed by atoms with Crippen LogP contribution in [-0.2, 0) is 11.2 Å². The average Bonchev–Trinajstić information content (AvgIpc) is 2.87. The Labute approximate surface area is 117 Å². The average molecular weight is 273 g/mol. The van der Waals surface area contributed by atoms with Crippen molar-refractivity contribution in [2.24, 2.45) is 5.73 Å². The number of aliphatic hydroxyl groups excluding tert-OH is 1. The molecule has 1 aromatic carbocycles. The Morgan fingerprint density at radius 3 is 3.00 bits per heavy atom. The van der Waals surface area contributed by atoms with Gasteiger partial charge in [-0.05, 0) is 30.9 Å². The van der Waals surface area contributed by atoms with E-state index in [1.165, 1.54) is 4.90 Å². The molecule has 2 heterocycles. The summed E-state index contributed by atoms with van der Waals surface area (Å²) in [6.07, 6.45) is 3.09. The molecule has 0 bridgehead atoms. The first kappa shape index (κ1) is 13.1. The number of piperidine rings is 1. The van der Waals surface area contributed by atoms with E-state index >= 15 is 0 Å². The van der Waals surface area contributed by atoms with Gasteiger partial charge in [-0.25, -0.2) is 0 Å². The molecule has 0 aliphatic carbocycles. The summed E-state index contributed by atoms with van der Waals surface area (Å²) in [6.45, 7) is 0.496. The van der Waals surface area contributed by atoms with Crippen molar-refractivity contribution in [3.63, 3.8) is 0 Å². The smallest absolute Gasteiger partial charge is 0.241 e. The molecule has 0 radical (unpaired) electrons. The number of fused-ring (bicyclic) bond motifs is 1. The lowest BCUT2D eigenvalue weighted by molar-refractivity contribution is -0.148. The van der Waals surface area contributed by atoms with Crippen molar-refractivity contribution in [1.29, 1.82) is 0 Å². The molecule has 2 atom stereocenters. The van der Waals surface area contributed by atoms with Crippen molar-refractivity contribution < 1.29 is 9.90 Å². The third-order valence-electron chi connectivity index (χ3n) is 3.99. The van der Waals surface area contributed by atoms with Crippen molar-refractivity contribution in [3.8, 4) is 0 Å². The van der Waals surface area contributed by atoms with Gasteiger partial charge in [0.25, 0.3) is 0 Å². The maximum absolute atomic E-state index is 12.0. The summed E-state index contributed by atoms with van der Waals surface area (Å²) in [4.78, 5) is 16.7. The van der Waals surface area contributed by atoms with Crippen molar-refractivity contribution in [1.82, 2.24) is 9.88 Å². The molecule has 1 aliphatic heterocycles. The molecule has 0 spiro atoms. The van der Waals surface area contributed by atoms with Crippen LogP contribution in [0.2, 0.25) is 0 Å². The van der Waals surface area contributed by atoms with E-state index in [9.17, 15) is 9.90 Å². The third-order valence-corrected chi connectivity index (χ3v) is 3.99. The van der Waals surface area contributed by atoms with Crippen LogP contribution in [0, 0.1) is 0 Å². The van der Waals surface area contributed by atoms with Crippen LogP contribution in [0.4, 0.5) is 0 Å². The van der Waals surface area contributed by atoms with Gasteiger partial charge in [0.05, 0.1) is 6.04 Å². The van der Waals surface area contributed by atoms with E-state index < -0.39 is 12.3 Å². The largest absolute Gasteiger partial charge is 0.374 e. The number of aromatic nitrogens is 1. The maximum atomic E-state index is 12.0. The quantitative estimate of drug-likeness (QED) is 0.779. The van der Waals surface area contributed by atoms with E-state index in [0.29, 0.717) is 25.8 Å². The van der Waals surface area contributed by atoms with Crippen LogP contribution >= 0.6 is 0 Å². The second-order valence-electron chi connectivity index (χ2n) is 5.31. The minimum atomic E-state index is -0.701. The van der Waals surface area contributed by atoms with E-state index in [0.717, 1.165) is 16.5 Å². The molecule has 1 fully saturated rings. The molecular weight excluding hydrogens is 254 g/mol. The fourth-order valence-corrected chi connectivity index (χ4v) is 2.81. The zero-order valence-corrected chi connectivity index (χ0v) is 11.2. The first-order valence-electron chi connectivity index (χ1n) is 6.96. The summed E-state index contributed by atoms with van der Waals surface area (Å²) in [5.74, 6) is -0.149. The van der Waals surface area contributed by atoms with Crippen LogP contribution in [0.5, 0.6) is 0 Å². The van der Waals surface area contributed by atoms with Gasteiger partial charge in [0.1, 0.15) is 6.23 Å². The number of nitrogens with one attached hydrogen (secondary N) is 1. The molecule has 1 amide bonds. The Morgan fingerprint density at radius 2 is 2.15 bits per heavy atom. The number of likely N-dealkylation sites (tertiary alicyclic amines) is 1. The number of H-pyrrole nitrogens is 1. The molecule has 106 valence electrons. The van der Waals surface area contributed by atoms with E-state index in [1.807, 2.05) is 24.4 Å². The molecule has 1 saturated heterocycles. The minimum absolute atomic E-state index is 0.149. The van der Waals surface area contributed by atoms with E-state index in [-0.39, 0.29) is 5.91 Å². The van der Waals surface area contributed by atoms with Crippen LogP contribution in [0.3, 0.4) is 0 Å². The predicted octanol–water partition coefficient (Wildman–Crippen LogP) is 0.978. The zero-order chi connectivity index (χ0) is 14.1. The summed E-state index contributed by atoms with van der Waals surface area (Å²) < 4.78 is 0. The first-order chi connectivity index (χ1) is 9.66. The Bertz CT molecular complexity index is 622. The first-order valence-corrected chi connectivity index (χ1v) is 6.96. The van der Waals surface area contributed by atoms with Crippen molar-refractivity contribution >= 4 is 16.8 Å². The number of carbonyl (C=O) groups excluding carboxylic acids is 1. The number of amides is 1. The summed E-state index contributed by atoms with van der Waals surface area (Å²) in [7, 11) is 0. The number of para-hydroxylation sites is 1. The number of aromatic amines is 1. The van der Waals surface area contributed by atoms with Crippen LogP contribution in [-0.4, -0.2) is 39.7 Å². The molecule has 20 heavy (non-hydrogen) atoms. The zero-order valence-electron chi connectivity index (χ0n) is 11.2. The van der Waals surface area contributed by atoms with Gasteiger partial charge >= 0.3 is 0 Å². The number of carbonyl (C=O) groups is 1. The number of nitrogens with zero attached hydrogens (tertiary/aromatic N) is 1. The normalized spacial score (nSPS) is 23.5. The molecule has 2 unspecified atom stereocenters. The van der Waals surface area contributed by atoms with Gasteiger partial charge in [-0.2, -0.15) is 0 Å². The second kappa shape index (κ2) is 5.26. The van der Waals surface area contributed by atoms with Gasteiger partial charge in [0.2, 0.25) is 5.91 Å². The highest BCUT2D eigenvalue weighted by atomic mass is 16.3. The highest BCUT2D eigenvalue weighted by Crippen LogP contribution is 2.20. The van der Waals surface area contributed by atoms with Gasteiger partial charge in [0.15, 0.2) is 0 Å². The van der Waals surface area contributed by atoms with Gasteiger partial charge in [-0.3, -0.25) is 4.79 Å². The van der Waals surface area contributed by atoms with Crippen molar-refractivity contribution in [2.75, 3.05) is 6.54 Å². The standard InChI is InChI=1S/C15H19N3O2/c16-12-5-6-14(19)18(15(12)20)8-7-10-9-17-13-4-2-1-3-11(10)13/h1-4,9,12,14,17,19H,5-8,16H2. The fourth-order valence-electron chi connectivity index (χ4n) is 2.81. The van der Waals surface area contributed by atoms with Crippen LogP contribution < -0.4 is 5.73 Å². The number of hydrogen-bond donors (Lipinski definition) is 3. The summed E-state index contributed by atoms with van der Waals surface area (Å²) >= 11 is 0. The van der Waals surface area contributed by atoms with Gasteiger partial charge < -0.3 is 20.7 Å². The van der Waals surface area contributed by atoms with Crippen molar-refractivity contribution in [2.45, 2.75) is 31.5 Å². The Kier molecular flexibility index (Phi) is 3.46. The van der Waals surface area contributed by atoms with Crippen molar-refractivity contribution in [3.05, 3.63) is 36.0 Å². The maximum Gasteiger partial charge on any atom is 0.241 e. The summed E-state index contributed by atoms with van der Waals surface area (Å²) in [5.41, 5.74) is 8.00. The highest BCUT2D eigenvalue weighted by molar-refractivity contribution is 5.84. The molecule has 5 nitrogen and oxygen atoms in total. The van der Waals surface area contributed by atoms with E-state index in [4.69, 9.17) is 5.73 Å². The van der Waals surface area contributed by atoms with Crippen LogP contribution in [0.15, 0.2) is 30.5 Å². The van der Waals surface area contributed by atoms with Gasteiger partial charge in [0, 0.05) is 23.6 Å². The second-order valence-corrected chi connectivity index (χ2v) is 5.31. The Hall–Kier alpha value is -1.85. The van der Waals surface area contributed by atoms with Gasteiger partial charge in [-0.1, -0.05) is 18.2 Å². The molecule has 2 aromatic rings. The monoisotopic (exact) mass is 273 g/mol. The number of benzene rings is 1. The summed E-state index contributed by atoms with van der Waals surface area (Å²) in [6, 6.07) is 7.59. The molecule has 5 heteroatoms. The minimum Gasteiger partial charge on any atom is -0.374 e. The molecule has 1 aromatic heterocycles. The summed E-state index contributed by atoms with van der Waals surface area (Å²) in [5, 5.41) is 11.1. The highest BCUT2D eigenvalue weighted by Gasteiger charge is 2.31. The third kappa shape index (κ3) is 2.30. The fraction of sp³-hybridized carbons (Fsp3) is 0.400. The Morgan fingerprint density at radius 1 is 1.35 bits per heavy atom. The molecular formula is C15H19N3O2. The molecule has 3 rings (SSSR count). The Balaban J connectivity index is 1.74. The lowest BCUT2D eigenvalue weighted by Gasteiger charge is -2.35. The molecule has 0 saturated carbocycles. The lowest BCUT2D eigenvalue weighted by Crippen LogP contribution is -2.53. The molecule has 1 aliphatic rings. The molecule has 4 N–H and O–H groups in total. The SMILES string of the molecule is NC1CCC(O)N(CCc2c[nH]c3ccccc23)C1=O. The van der Waals surface area contributed by atoms with Gasteiger partial charge in [-0.15, -0.1) is 0 Å². The lowest BCUT2D eigenvalue weighted by atomic mass is 10.0. The van der Waals surface area contributed by atoms with E-state index in [1.54, 1.807) is 0 Å². The van der Waals surface area contributed by atoms with E-state index in [2.05, 4.69) is 11.1 Å². The topological polar surface area (TPSA) is 82.3 Å². The van der Waals surface area contributed by atoms with Crippen LogP contribution in [0.25, 0.3) is 10.9 Å². The number of hydrogen-bond acceptors (Lipinski definition) is 3. The number of aliphatic hydroxyl groups is 1. The predicted molar refractivity (Wildman–Crippen MR) is 76.9 cm³/mol. The van der Waals surface area contributed by atoms with Crippen LogP contribution in [0.1, 0.15) is 18.4 Å². The number of rotatable bonds is 3.